The number of phenolic OH excluding ortho intramolecular Hbond substituents is 3. The van der Waals surface area contributed by atoms with Gasteiger partial charge in [0.25, 0.3) is 17.7 Å². The number of amides is 3. The summed E-state index contributed by atoms with van der Waals surface area (Å²) in [5.74, 6) is -0.735. The van der Waals surface area contributed by atoms with E-state index in [1.807, 2.05) is 112 Å². The predicted octanol–water partition coefficient (Wildman–Crippen LogP) is 8.80. The molecule has 0 radical (unpaired) electrons. The summed E-state index contributed by atoms with van der Waals surface area (Å²) in [5, 5.41) is 43.7. The van der Waals surface area contributed by atoms with Gasteiger partial charge in [-0.15, -0.1) is 0 Å². The lowest BCUT2D eigenvalue weighted by molar-refractivity contribution is 0.0912. The number of carbonyl (C=O) groups is 3. The average molecular weight is 1010 g/mol. The maximum atomic E-state index is 15.1. The third kappa shape index (κ3) is 9.25. The molecule has 3 atom stereocenters. The molecule has 0 spiro atoms. The number of hydrogen-bond acceptors (Lipinski definition) is 12. The molecular weight excluding hydrogens is 949 g/mol. The van der Waals surface area contributed by atoms with Crippen LogP contribution < -0.4 is 16.0 Å². The quantitative estimate of drug-likeness (QED) is 0.0795. The number of aromatic nitrogens is 9. The zero-order valence-electron chi connectivity index (χ0n) is 43.3. The summed E-state index contributed by atoms with van der Waals surface area (Å²) in [6, 6.07) is 19.2. The van der Waals surface area contributed by atoms with Gasteiger partial charge in [0, 0.05) is 51.8 Å². The van der Waals surface area contributed by atoms with Crippen LogP contribution >= 0.6 is 0 Å². The number of aromatic hydroxyl groups is 3. The van der Waals surface area contributed by atoms with Crippen LogP contribution in [0.5, 0.6) is 17.2 Å². The summed E-state index contributed by atoms with van der Waals surface area (Å²) in [5.41, 5.74) is 5.67. The van der Waals surface area contributed by atoms with Crippen molar-refractivity contribution >= 4 is 50.4 Å². The molecule has 3 aromatic carbocycles. The second-order valence-corrected chi connectivity index (χ2v) is 20.6. The van der Waals surface area contributed by atoms with Crippen molar-refractivity contribution in [3.63, 3.8) is 0 Å². The second-order valence-electron chi connectivity index (χ2n) is 20.6. The highest BCUT2D eigenvalue weighted by Crippen LogP contribution is 2.34. The van der Waals surface area contributed by atoms with Gasteiger partial charge >= 0.3 is 0 Å². The third-order valence-corrected chi connectivity index (χ3v) is 14.4. The summed E-state index contributed by atoms with van der Waals surface area (Å²) in [6.07, 6.45) is 5.05. The van der Waals surface area contributed by atoms with Gasteiger partial charge in [-0.2, -0.15) is 0 Å². The standard InChI is InChI=1S/C57H60N12O6/c1-28(2)43-52-61-47(31(7)67(52)25-34-19-37-13-10-16-40(70)49(37)58-22-34)56(74)65-45(30(5)6)54-63-48(33(9)69(54)27-36-21-39-15-12-18-42(72)51(39)60-24-36)57(75)66-44(29(3)4)53-62-46(55(73)64-43)32(8)68(53)26-35-20-38-14-11-17-41(71)50(38)59-23-35/h10-24,28-30,43-45,70-72H,25-27H2,1-9H3,(H,64,73)(H,65,74)(H,66,75)/t43-,44-,45-/m0/s1. The van der Waals surface area contributed by atoms with Gasteiger partial charge in [-0.1, -0.05) is 77.9 Å². The van der Waals surface area contributed by atoms with Gasteiger partial charge in [0.1, 0.15) is 68.4 Å². The summed E-state index contributed by atoms with van der Waals surface area (Å²) in [7, 11) is 0. The molecule has 18 nitrogen and oxygen atoms in total. The number of imidazole rings is 3. The molecule has 1 aliphatic rings. The third-order valence-electron chi connectivity index (χ3n) is 14.4. The van der Waals surface area contributed by atoms with Gasteiger partial charge in [0.15, 0.2) is 0 Å². The van der Waals surface area contributed by atoms with Crippen LogP contribution in [-0.4, -0.2) is 76.6 Å². The van der Waals surface area contributed by atoms with Crippen LogP contribution in [0.2, 0.25) is 0 Å². The molecule has 0 saturated heterocycles. The maximum absolute atomic E-state index is 15.1. The SMILES string of the molecule is Cc1c2nc(n1Cc1cnc3c(O)cccc3c1)[C@H](C(C)C)NC(=O)c1nc(n(Cc3cnc4c(O)cccc4c3)c1C)[C@H](C(C)C)NC(=O)c1nc(n(Cc3cnc4c(O)cccc4c3)c1C)[C@H](C(C)C)NC2=O. The van der Waals surface area contributed by atoms with Gasteiger partial charge < -0.3 is 45.0 Å². The number of benzene rings is 3. The van der Waals surface area contributed by atoms with Crippen molar-refractivity contribution in [1.82, 2.24) is 59.6 Å². The van der Waals surface area contributed by atoms with E-state index in [1.165, 1.54) is 0 Å². The van der Waals surface area contributed by atoms with E-state index in [4.69, 9.17) is 15.0 Å². The summed E-state index contributed by atoms with van der Waals surface area (Å²) >= 11 is 0. The minimum atomic E-state index is -0.748. The minimum Gasteiger partial charge on any atom is -0.506 e. The first-order valence-electron chi connectivity index (χ1n) is 25.2. The first kappa shape index (κ1) is 49.9. The Kier molecular flexibility index (Phi) is 13.1. The molecule has 6 aromatic heterocycles. The Morgan fingerprint density at radius 3 is 0.973 bits per heavy atom. The van der Waals surface area contributed by atoms with Crippen LogP contribution in [0.15, 0.2) is 91.4 Å². The van der Waals surface area contributed by atoms with Crippen LogP contribution in [-0.2, 0) is 19.6 Å². The van der Waals surface area contributed by atoms with E-state index >= 15 is 14.4 Å². The molecule has 7 heterocycles. The number of nitrogens with one attached hydrogen (secondary N) is 3. The second kappa shape index (κ2) is 19.6. The zero-order valence-corrected chi connectivity index (χ0v) is 43.3. The number of phenols is 3. The highest BCUT2D eigenvalue weighted by molar-refractivity contribution is 5.96. The molecule has 75 heavy (non-hydrogen) atoms. The molecule has 0 aliphatic carbocycles. The van der Waals surface area contributed by atoms with E-state index in [9.17, 15) is 15.3 Å². The fraction of sp³-hybridized carbons (Fsp3) is 0.316. The summed E-state index contributed by atoms with van der Waals surface area (Å²) in [6.45, 7) is 18.0. The Morgan fingerprint density at radius 1 is 0.453 bits per heavy atom. The first-order valence-corrected chi connectivity index (χ1v) is 25.2. The van der Waals surface area contributed by atoms with Crippen molar-refractivity contribution in [3.05, 3.63) is 160 Å². The zero-order chi connectivity index (χ0) is 53.1. The Balaban J connectivity index is 1.16. The number of para-hydroxylation sites is 3. The van der Waals surface area contributed by atoms with Crippen LogP contribution in [0.3, 0.4) is 0 Å². The molecule has 18 heteroatoms. The molecule has 9 aromatic rings. The summed E-state index contributed by atoms with van der Waals surface area (Å²) in [4.78, 5) is 74.4. The number of nitrogens with zero attached hydrogens (tertiary/aromatic N) is 9. The van der Waals surface area contributed by atoms with Crippen molar-refractivity contribution in [3.8, 4) is 17.2 Å². The van der Waals surface area contributed by atoms with Crippen molar-refractivity contribution in [2.45, 2.75) is 100 Å². The van der Waals surface area contributed by atoms with E-state index in [0.29, 0.717) is 51.1 Å². The van der Waals surface area contributed by atoms with E-state index in [-0.39, 0.29) is 71.7 Å². The number of fused-ring (bicyclic) bond motifs is 9. The molecule has 384 valence electrons. The van der Waals surface area contributed by atoms with Crippen LogP contribution in [0.25, 0.3) is 32.7 Å². The van der Waals surface area contributed by atoms with Gasteiger partial charge in [0.05, 0.1) is 37.8 Å². The lowest BCUT2D eigenvalue weighted by atomic mass is 10.0. The molecule has 6 bridgehead atoms. The number of pyridine rings is 3. The normalized spacial score (nSPS) is 16.5. The summed E-state index contributed by atoms with van der Waals surface area (Å²) < 4.78 is 5.78. The molecule has 10 rings (SSSR count). The number of rotatable bonds is 9. The average Bonchev–Trinajstić information content (AvgIpc) is 4.01. The van der Waals surface area contributed by atoms with Gasteiger partial charge in [-0.25, -0.2) is 15.0 Å². The smallest absolute Gasteiger partial charge is 0.272 e. The Bertz CT molecular complexity index is 3360. The molecule has 3 amide bonds. The highest BCUT2D eigenvalue weighted by atomic mass is 16.3. The largest absolute Gasteiger partial charge is 0.506 e. The molecule has 6 N–H and O–H groups in total. The number of carbonyl (C=O) groups excluding carboxylic acids is 3. The van der Waals surface area contributed by atoms with Crippen molar-refractivity contribution in [2.75, 3.05) is 0 Å². The Labute approximate surface area is 433 Å². The van der Waals surface area contributed by atoms with E-state index < -0.39 is 35.8 Å². The van der Waals surface area contributed by atoms with Crippen LogP contribution in [0.1, 0.15) is 142 Å². The Morgan fingerprint density at radius 2 is 0.720 bits per heavy atom. The molecule has 0 unspecified atom stereocenters. The van der Waals surface area contributed by atoms with E-state index in [2.05, 4.69) is 30.9 Å². The fourth-order valence-electron chi connectivity index (χ4n) is 10.2. The number of hydrogen-bond donors (Lipinski definition) is 6. The Hall–Kier alpha value is -8.67. The van der Waals surface area contributed by atoms with E-state index in [1.54, 1.807) is 55.0 Å². The lowest BCUT2D eigenvalue weighted by Gasteiger charge is -2.23. The molecular formula is C57H60N12O6. The van der Waals surface area contributed by atoms with Gasteiger partial charge in [0.2, 0.25) is 0 Å². The molecule has 1 aliphatic heterocycles. The molecule has 0 fully saturated rings. The van der Waals surface area contributed by atoms with Gasteiger partial charge in [-0.05, 0) is 91.6 Å². The molecule has 0 saturated carbocycles. The monoisotopic (exact) mass is 1010 g/mol. The van der Waals surface area contributed by atoms with E-state index in [0.717, 1.165) is 32.8 Å². The lowest BCUT2D eigenvalue weighted by Crippen LogP contribution is -2.36. The van der Waals surface area contributed by atoms with Crippen molar-refractivity contribution < 1.29 is 29.7 Å². The topological polar surface area (TPSA) is 240 Å². The highest BCUT2D eigenvalue weighted by Gasteiger charge is 2.36. The fourth-order valence-corrected chi connectivity index (χ4v) is 10.2. The first-order chi connectivity index (χ1) is 35.9. The minimum absolute atomic E-state index is 0.0577. The maximum Gasteiger partial charge on any atom is 0.272 e. The van der Waals surface area contributed by atoms with Crippen molar-refractivity contribution in [2.24, 2.45) is 17.8 Å². The van der Waals surface area contributed by atoms with Crippen LogP contribution in [0, 0.1) is 38.5 Å². The van der Waals surface area contributed by atoms with Gasteiger partial charge in [-0.3, -0.25) is 29.3 Å². The van der Waals surface area contributed by atoms with Crippen molar-refractivity contribution in [1.29, 1.82) is 0 Å². The predicted molar refractivity (Wildman–Crippen MR) is 284 cm³/mol. The van der Waals surface area contributed by atoms with Crippen LogP contribution in [0.4, 0.5) is 0 Å².